The molecule has 3 aromatic rings. The largest absolute Gasteiger partial charge is 0.454 e. The van der Waals surface area contributed by atoms with Crippen LogP contribution in [0.5, 0.6) is 11.5 Å². The monoisotopic (exact) mass is 574 g/mol. The first-order valence-electron chi connectivity index (χ1n) is 14.4. The number of fused-ring (bicyclic) bond motifs is 1. The third-order valence-corrected chi connectivity index (χ3v) is 7.53. The van der Waals surface area contributed by atoms with Crippen LogP contribution in [0.15, 0.2) is 66.9 Å². The van der Waals surface area contributed by atoms with Gasteiger partial charge in [0.25, 0.3) is 0 Å². The number of aromatic nitrogens is 1. The summed E-state index contributed by atoms with van der Waals surface area (Å²) < 4.78 is 24.9. The molecule has 42 heavy (non-hydrogen) atoms. The Morgan fingerprint density at radius 3 is 2.50 bits per heavy atom. The maximum Gasteiger partial charge on any atom is 0.247 e. The van der Waals surface area contributed by atoms with Gasteiger partial charge >= 0.3 is 0 Å². The first kappa shape index (κ1) is 29.0. The number of rotatable bonds is 11. The molecule has 0 bridgehead atoms. The molecular weight excluding hydrogens is 539 g/mol. The lowest BCUT2D eigenvalue weighted by Gasteiger charge is -2.33. The Bertz CT molecular complexity index is 1380. The van der Waals surface area contributed by atoms with Crippen molar-refractivity contribution in [1.29, 1.82) is 0 Å². The first-order valence-corrected chi connectivity index (χ1v) is 14.4. The number of pyridine rings is 1. The fourth-order valence-electron chi connectivity index (χ4n) is 5.39. The molecule has 2 aliphatic rings. The van der Waals surface area contributed by atoms with Crippen LogP contribution in [0, 0.1) is 5.82 Å². The third-order valence-electron chi connectivity index (χ3n) is 7.53. The zero-order chi connectivity index (χ0) is 29.3. The van der Waals surface area contributed by atoms with Gasteiger partial charge in [-0.3, -0.25) is 14.4 Å². The van der Waals surface area contributed by atoms with Crippen LogP contribution in [-0.4, -0.2) is 40.4 Å². The highest BCUT2D eigenvalue weighted by molar-refractivity contribution is 5.91. The number of nitrogens with one attached hydrogen (secondary N) is 2. The van der Waals surface area contributed by atoms with Gasteiger partial charge < -0.3 is 25.0 Å². The van der Waals surface area contributed by atoms with Gasteiger partial charge in [-0.15, -0.1) is 0 Å². The van der Waals surface area contributed by atoms with Crippen molar-refractivity contribution >= 4 is 23.5 Å². The highest BCUT2D eigenvalue weighted by atomic mass is 19.1. The van der Waals surface area contributed by atoms with Crippen LogP contribution in [0.3, 0.4) is 0 Å². The van der Waals surface area contributed by atoms with E-state index in [2.05, 4.69) is 15.6 Å². The van der Waals surface area contributed by atoms with Crippen LogP contribution in [0.25, 0.3) is 0 Å². The van der Waals surface area contributed by atoms with Crippen molar-refractivity contribution in [3.63, 3.8) is 0 Å². The van der Waals surface area contributed by atoms with E-state index in [-0.39, 0.29) is 56.4 Å². The third kappa shape index (κ3) is 7.63. The van der Waals surface area contributed by atoms with E-state index >= 15 is 0 Å². The van der Waals surface area contributed by atoms with E-state index in [1.54, 1.807) is 48.7 Å². The zero-order valence-electron chi connectivity index (χ0n) is 23.4. The van der Waals surface area contributed by atoms with Gasteiger partial charge in [0, 0.05) is 31.6 Å². The summed E-state index contributed by atoms with van der Waals surface area (Å²) >= 11 is 0. The van der Waals surface area contributed by atoms with Crippen LogP contribution < -0.4 is 20.1 Å². The summed E-state index contributed by atoms with van der Waals surface area (Å²) in [5.41, 5.74) is 1.25. The minimum absolute atomic E-state index is 0.0204. The molecule has 2 aromatic carbocycles. The standard InChI is InChI=1S/C32H35FN4O5/c33-24-15-13-23(14-16-24)31(32(40)35-25-7-2-1-3-8-25)37(20-22-12-17-26-27(19-22)42-21-41-26)30(39)11-6-10-29(38)36-28-9-4-5-18-34-28/h4-5,9,12-19,25,31H,1-3,6-8,10-11,20-21H2,(H,35,40)(H,34,36,38)/t31-/m1/s1. The number of ether oxygens (including phenoxy) is 2. The van der Waals surface area contributed by atoms with E-state index in [4.69, 9.17) is 9.47 Å². The molecule has 0 spiro atoms. The molecule has 1 aromatic heterocycles. The number of benzene rings is 2. The molecule has 2 N–H and O–H groups in total. The van der Waals surface area contributed by atoms with Crippen LogP contribution in [-0.2, 0) is 20.9 Å². The van der Waals surface area contributed by atoms with E-state index in [9.17, 15) is 18.8 Å². The molecule has 3 amide bonds. The quantitative estimate of drug-likeness (QED) is 0.323. The molecule has 2 heterocycles. The Morgan fingerprint density at radius 1 is 0.952 bits per heavy atom. The minimum atomic E-state index is -0.993. The van der Waals surface area contributed by atoms with Crippen LogP contribution >= 0.6 is 0 Å². The van der Waals surface area contributed by atoms with Gasteiger partial charge in [-0.2, -0.15) is 0 Å². The fourth-order valence-corrected chi connectivity index (χ4v) is 5.39. The van der Waals surface area contributed by atoms with Gasteiger partial charge in [0.05, 0.1) is 0 Å². The molecule has 220 valence electrons. The lowest BCUT2D eigenvalue weighted by Crippen LogP contribution is -2.46. The Labute approximate surface area is 244 Å². The van der Waals surface area contributed by atoms with E-state index in [1.165, 1.54) is 17.0 Å². The molecule has 1 aliphatic heterocycles. The fraction of sp³-hybridized carbons (Fsp3) is 0.375. The lowest BCUT2D eigenvalue weighted by atomic mass is 9.94. The van der Waals surface area contributed by atoms with Crippen molar-refractivity contribution in [2.24, 2.45) is 0 Å². The lowest BCUT2D eigenvalue weighted by molar-refractivity contribution is -0.142. The zero-order valence-corrected chi connectivity index (χ0v) is 23.4. The Morgan fingerprint density at radius 2 is 1.74 bits per heavy atom. The van der Waals surface area contributed by atoms with Gasteiger partial charge in [-0.05, 0) is 66.8 Å². The Hall–Kier alpha value is -4.47. The van der Waals surface area contributed by atoms with Gasteiger partial charge in [0.1, 0.15) is 17.7 Å². The summed E-state index contributed by atoms with van der Waals surface area (Å²) in [6.07, 6.45) is 6.96. The number of hydrogen-bond acceptors (Lipinski definition) is 6. The van der Waals surface area contributed by atoms with Crippen LogP contribution in [0.2, 0.25) is 0 Å². The van der Waals surface area contributed by atoms with E-state index in [1.807, 2.05) is 6.07 Å². The predicted octanol–water partition coefficient (Wildman–Crippen LogP) is 5.28. The number of carbonyl (C=O) groups excluding carboxylic acids is 3. The average molecular weight is 575 g/mol. The molecule has 10 heteroatoms. The number of anilines is 1. The molecular formula is C32H35FN4O5. The maximum absolute atomic E-state index is 13.9. The molecule has 1 saturated carbocycles. The normalized spacial score (nSPS) is 15.1. The number of amides is 3. The molecule has 1 aliphatic carbocycles. The number of nitrogens with zero attached hydrogens (tertiary/aromatic N) is 2. The van der Waals surface area contributed by atoms with Gasteiger partial charge in [0.2, 0.25) is 24.5 Å². The number of carbonyl (C=O) groups is 3. The Kier molecular flexibility index (Phi) is 9.63. The minimum Gasteiger partial charge on any atom is -0.454 e. The van der Waals surface area contributed by atoms with Crippen molar-refractivity contribution in [1.82, 2.24) is 15.2 Å². The summed E-state index contributed by atoms with van der Waals surface area (Å²) in [5.74, 6) is 0.319. The average Bonchev–Trinajstić information content (AvgIpc) is 3.47. The van der Waals surface area contributed by atoms with Crippen molar-refractivity contribution in [3.8, 4) is 11.5 Å². The Balaban J connectivity index is 1.37. The van der Waals surface area contributed by atoms with Gasteiger partial charge in [0.15, 0.2) is 11.5 Å². The van der Waals surface area contributed by atoms with Crippen LogP contribution in [0.4, 0.5) is 10.2 Å². The second-order valence-corrected chi connectivity index (χ2v) is 10.6. The maximum atomic E-state index is 13.9. The van der Waals surface area contributed by atoms with Gasteiger partial charge in [-0.1, -0.05) is 43.5 Å². The summed E-state index contributed by atoms with van der Waals surface area (Å²) in [6.45, 7) is 0.222. The van der Waals surface area contributed by atoms with Crippen molar-refractivity contribution in [2.45, 2.75) is 70.0 Å². The summed E-state index contributed by atoms with van der Waals surface area (Å²) in [4.78, 5) is 45.8. The molecule has 0 radical (unpaired) electrons. The highest BCUT2D eigenvalue weighted by Crippen LogP contribution is 2.34. The molecule has 5 rings (SSSR count). The van der Waals surface area contributed by atoms with E-state index < -0.39 is 11.9 Å². The molecule has 1 fully saturated rings. The second-order valence-electron chi connectivity index (χ2n) is 10.6. The van der Waals surface area contributed by atoms with Crippen molar-refractivity contribution in [3.05, 3.63) is 83.8 Å². The topological polar surface area (TPSA) is 110 Å². The van der Waals surface area contributed by atoms with Gasteiger partial charge in [-0.25, -0.2) is 9.37 Å². The molecule has 9 nitrogen and oxygen atoms in total. The highest BCUT2D eigenvalue weighted by Gasteiger charge is 2.33. The van der Waals surface area contributed by atoms with E-state index in [0.717, 1.165) is 37.7 Å². The van der Waals surface area contributed by atoms with Crippen molar-refractivity contribution in [2.75, 3.05) is 12.1 Å². The van der Waals surface area contributed by atoms with Crippen molar-refractivity contribution < 1.29 is 28.2 Å². The van der Waals surface area contributed by atoms with Crippen LogP contribution in [0.1, 0.15) is 68.5 Å². The first-order chi connectivity index (χ1) is 20.5. The number of halogens is 1. The van der Waals surface area contributed by atoms with E-state index in [0.29, 0.717) is 22.9 Å². The smallest absolute Gasteiger partial charge is 0.247 e. The summed E-state index contributed by atoms with van der Waals surface area (Å²) in [6, 6.07) is 15.3. The predicted molar refractivity (Wildman–Crippen MR) is 154 cm³/mol. The molecule has 0 saturated heterocycles. The summed E-state index contributed by atoms with van der Waals surface area (Å²) in [5, 5.41) is 5.88. The second kappa shape index (κ2) is 13.9. The number of hydrogen-bond donors (Lipinski definition) is 2. The molecule has 0 unspecified atom stereocenters. The summed E-state index contributed by atoms with van der Waals surface area (Å²) in [7, 11) is 0. The molecule has 1 atom stereocenters. The SMILES string of the molecule is O=C(CCCC(=O)N(Cc1ccc2c(c1)OCO2)[C@@H](C(=O)NC1CCCCC1)c1ccc(F)cc1)Nc1ccccn1.